The van der Waals surface area contributed by atoms with Crippen LogP contribution in [0.1, 0.15) is 56.0 Å². The number of para-hydroxylation sites is 1. The molecule has 2 heterocycles. The molecule has 182 valence electrons. The van der Waals surface area contributed by atoms with E-state index in [9.17, 15) is 4.79 Å². The molecule has 1 aliphatic heterocycles. The van der Waals surface area contributed by atoms with E-state index in [4.69, 9.17) is 14.2 Å². The van der Waals surface area contributed by atoms with Crippen LogP contribution in [0.2, 0.25) is 0 Å². The molecule has 9 nitrogen and oxygen atoms in total. The number of amides is 1. The molecule has 9 heteroatoms. The minimum Gasteiger partial charge on any atom is -0.494 e. The third-order valence-corrected chi connectivity index (χ3v) is 6.38. The number of H-pyrrole nitrogens is 1. The van der Waals surface area contributed by atoms with Crippen LogP contribution in [0, 0.1) is 5.92 Å². The highest BCUT2D eigenvalue weighted by Gasteiger charge is 2.27. The van der Waals surface area contributed by atoms with Gasteiger partial charge in [0.15, 0.2) is 23.4 Å². The first-order chi connectivity index (χ1) is 17.2. The summed E-state index contributed by atoms with van der Waals surface area (Å²) in [5.41, 5.74) is 1.42. The van der Waals surface area contributed by atoms with Gasteiger partial charge in [0.2, 0.25) is 5.91 Å². The highest BCUT2D eigenvalue weighted by atomic mass is 16.6. The van der Waals surface area contributed by atoms with Crippen molar-refractivity contribution in [2.45, 2.75) is 44.6 Å². The number of benzene rings is 2. The fourth-order valence-corrected chi connectivity index (χ4v) is 4.47. The number of aromatic nitrogens is 4. The molecule has 0 saturated heterocycles. The number of ether oxygens (including phenoxy) is 3. The number of hydrogen-bond acceptors (Lipinski definition) is 7. The third-order valence-electron chi connectivity index (χ3n) is 6.38. The summed E-state index contributed by atoms with van der Waals surface area (Å²) in [6, 6.07) is 13.1. The average molecular weight is 476 g/mol. The van der Waals surface area contributed by atoms with Crippen LogP contribution in [0.4, 0.5) is 5.69 Å². The number of anilines is 1. The number of aromatic amines is 1. The molecule has 1 saturated carbocycles. The SMILES string of the molecule is O=C(/C=C/c1ccc(OCCC2CCCCC2)cc1)Nc1cccc2c1OC(c1nnn[nH]1)CO2. The number of nitrogens with zero attached hydrogens (tertiary/aromatic N) is 3. The van der Waals surface area contributed by atoms with E-state index >= 15 is 0 Å². The van der Waals surface area contributed by atoms with Crippen LogP contribution >= 0.6 is 0 Å². The van der Waals surface area contributed by atoms with E-state index in [0.717, 1.165) is 30.3 Å². The molecule has 1 atom stereocenters. The molecular weight excluding hydrogens is 446 g/mol. The van der Waals surface area contributed by atoms with E-state index in [1.165, 1.54) is 38.2 Å². The molecule has 5 rings (SSSR count). The summed E-state index contributed by atoms with van der Waals surface area (Å²) in [5.74, 6) is 2.83. The third kappa shape index (κ3) is 5.98. The summed E-state index contributed by atoms with van der Waals surface area (Å²) in [6.07, 6.45) is 10.6. The minimum absolute atomic E-state index is 0.265. The molecule has 0 bridgehead atoms. The van der Waals surface area contributed by atoms with E-state index in [1.54, 1.807) is 24.3 Å². The standard InChI is InChI=1S/C26H29N5O4/c32-24(14-11-19-9-12-20(13-10-19)33-16-15-18-5-2-1-3-6-18)27-21-7-4-8-22-25(21)35-23(17-34-22)26-28-30-31-29-26/h4,7-14,18,23H,1-3,5-6,15-17H2,(H,27,32)(H,28,29,30,31)/b14-11+. The minimum atomic E-state index is -0.491. The zero-order valence-electron chi connectivity index (χ0n) is 19.5. The second-order valence-electron chi connectivity index (χ2n) is 8.87. The van der Waals surface area contributed by atoms with E-state index in [1.807, 2.05) is 24.3 Å². The molecule has 1 aliphatic carbocycles. The molecule has 3 aromatic rings. The molecule has 0 radical (unpaired) electrons. The lowest BCUT2D eigenvalue weighted by molar-refractivity contribution is -0.111. The van der Waals surface area contributed by atoms with Crippen molar-refractivity contribution >= 4 is 17.7 Å². The number of rotatable bonds is 8. The summed E-state index contributed by atoms with van der Waals surface area (Å²) in [4.78, 5) is 12.6. The molecule has 1 unspecified atom stereocenters. The van der Waals surface area contributed by atoms with Gasteiger partial charge in [-0.3, -0.25) is 4.79 Å². The maximum atomic E-state index is 12.6. The van der Waals surface area contributed by atoms with Crippen molar-refractivity contribution in [1.82, 2.24) is 20.6 Å². The second kappa shape index (κ2) is 11.0. The van der Waals surface area contributed by atoms with Crippen molar-refractivity contribution in [3.63, 3.8) is 0 Å². The molecule has 1 fully saturated rings. The highest BCUT2D eigenvalue weighted by Crippen LogP contribution is 2.41. The van der Waals surface area contributed by atoms with Gasteiger partial charge in [0.1, 0.15) is 12.4 Å². The van der Waals surface area contributed by atoms with Crippen LogP contribution in [0.15, 0.2) is 48.5 Å². The Kier molecular flexibility index (Phi) is 7.21. The van der Waals surface area contributed by atoms with Gasteiger partial charge in [-0.15, -0.1) is 5.10 Å². The zero-order chi connectivity index (χ0) is 23.9. The first kappa shape index (κ1) is 22.9. The Morgan fingerprint density at radius 2 is 2.00 bits per heavy atom. The van der Waals surface area contributed by atoms with Gasteiger partial charge in [-0.05, 0) is 58.7 Å². The van der Waals surface area contributed by atoms with Crippen LogP contribution < -0.4 is 19.5 Å². The first-order valence-corrected chi connectivity index (χ1v) is 12.1. The number of nitrogens with one attached hydrogen (secondary N) is 2. The van der Waals surface area contributed by atoms with Gasteiger partial charge in [-0.25, -0.2) is 5.10 Å². The normalized spacial score (nSPS) is 17.9. The van der Waals surface area contributed by atoms with Crippen molar-refractivity contribution < 1.29 is 19.0 Å². The topological polar surface area (TPSA) is 111 Å². The lowest BCUT2D eigenvalue weighted by Crippen LogP contribution is -2.24. The van der Waals surface area contributed by atoms with Gasteiger partial charge in [-0.2, -0.15) is 0 Å². The number of tetrazole rings is 1. The van der Waals surface area contributed by atoms with Crippen molar-refractivity contribution in [3.8, 4) is 17.2 Å². The Hall–Kier alpha value is -3.88. The van der Waals surface area contributed by atoms with E-state index in [-0.39, 0.29) is 12.5 Å². The summed E-state index contributed by atoms with van der Waals surface area (Å²) < 4.78 is 17.7. The zero-order valence-corrected chi connectivity index (χ0v) is 19.5. The van der Waals surface area contributed by atoms with Gasteiger partial charge in [0.25, 0.3) is 0 Å². The number of carbonyl (C=O) groups is 1. The summed E-state index contributed by atoms with van der Waals surface area (Å²) in [6.45, 7) is 1.02. The maximum Gasteiger partial charge on any atom is 0.248 e. The largest absolute Gasteiger partial charge is 0.494 e. The molecule has 2 aliphatic rings. The van der Waals surface area contributed by atoms with E-state index in [0.29, 0.717) is 23.0 Å². The molecule has 2 N–H and O–H groups in total. The van der Waals surface area contributed by atoms with Crippen LogP contribution in [-0.2, 0) is 4.79 Å². The maximum absolute atomic E-state index is 12.6. The molecule has 35 heavy (non-hydrogen) atoms. The predicted octanol–water partition coefficient (Wildman–Crippen LogP) is 4.71. The number of carbonyl (C=O) groups excluding carboxylic acids is 1. The van der Waals surface area contributed by atoms with Crippen LogP contribution in [-0.4, -0.2) is 39.7 Å². The van der Waals surface area contributed by atoms with Gasteiger partial charge >= 0.3 is 0 Å². The average Bonchev–Trinajstić information content (AvgIpc) is 3.44. The van der Waals surface area contributed by atoms with Crippen LogP contribution in [0.3, 0.4) is 0 Å². The Bertz CT molecular complexity index is 1140. The highest BCUT2D eigenvalue weighted by molar-refractivity contribution is 6.03. The summed E-state index contributed by atoms with van der Waals surface area (Å²) in [5, 5.41) is 16.6. The number of hydrogen-bond donors (Lipinski definition) is 2. The Morgan fingerprint density at radius 1 is 1.14 bits per heavy atom. The van der Waals surface area contributed by atoms with Crippen molar-refractivity contribution in [2.24, 2.45) is 5.92 Å². The van der Waals surface area contributed by atoms with Crippen molar-refractivity contribution in [2.75, 3.05) is 18.5 Å². The molecule has 1 amide bonds. The number of fused-ring (bicyclic) bond motifs is 1. The summed E-state index contributed by atoms with van der Waals surface area (Å²) >= 11 is 0. The van der Waals surface area contributed by atoms with Gasteiger partial charge in [0, 0.05) is 6.08 Å². The fourth-order valence-electron chi connectivity index (χ4n) is 4.47. The lowest BCUT2D eigenvalue weighted by atomic mass is 9.87. The van der Waals surface area contributed by atoms with E-state index in [2.05, 4.69) is 25.9 Å². The summed E-state index contributed by atoms with van der Waals surface area (Å²) in [7, 11) is 0. The lowest BCUT2D eigenvalue weighted by Gasteiger charge is -2.26. The Morgan fingerprint density at radius 3 is 2.80 bits per heavy atom. The van der Waals surface area contributed by atoms with Gasteiger partial charge in [-0.1, -0.05) is 50.3 Å². The van der Waals surface area contributed by atoms with Crippen LogP contribution in [0.25, 0.3) is 6.08 Å². The van der Waals surface area contributed by atoms with Crippen LogP contribution in [0.5, 0.6) is 17.2 Å². The first-order valence-electron chi connectivity index (χ1n) is 12.1. The Balaban J connectivity index is 1.14. The second-order valence-corrected chi connectivity index (χ2v) is 8.87. The predicted molar refractivity (Wildman–Crippen MR) is 130 cm³/mol. The van der Waals surface area contributed by atoms with E-state index < -0.39 is 6.10 Å². The molecule has 0 spiro atoms. The fraction of sp³-hybridized carbons (Fsp3) is 0.385. The van der Waals surface area contributed by atoms with Crippen molar-refractivity contribution in [1.29, 1.82) is 0 Å². The monoisotopic (exact) mass is 475 g/mol. The van der Waals surface area contributed by atoms with Gasteiger partial charge in [0.05, 0.1) is 12.3 Å². The smallest absolute Gasteiger partial charge is 0.248 e. The molecule has 1 aromatic heterocycles. The van der Waals surface area contributed by atoms with Crippen molar-refractivity contribution in [3.05, 3.63) is 59.9 Å². The quantitative estimate of drug-likeness (QED) is 0.454. The molecule has 2 aromatic carbocycles. The molecular formula is C26H29N5O4. The van der Waals surface area contributed by atoms with Gasteiger partial charge < -0.3 is 19.5 Å². The Labute approximate surface area is 203 Å².